The van der Waals surface area contributed by atoms with Crippen LogP contribution in [-0.4, -0.2) is 36.5 Å². The summed E-state index contributed by atoms with van der Waals surface area (Å²) < 4.78 is 5.43. The van der Waals surface area contributed by atoms with Crippen molar-refractivity contribution >= 4 is 29.4 Å². The van der Waals surface area contributed by atoms with Crippen molar-refractivity contribution in [3.8, 4) is 11.8 Å². The fourth-order valence-corrected chi connectivity index (χ4v) is 2.48. The summed E-state index contributed by atoms with van der Waals surface area (Å²) in [7, 11) is 1.47. The van der Waals surface area contributed by atoms with E-state index in [9.17, 15) is 14.4 Å². The number of carboxylic acids is 1. The van der Waals surface area contributed by atoms with Gasteiger partial charge < -0.3 is 20.5 Å². The number of carbonyl (C=O) groups excluding carboxylic acids is 2. The molecule has 2 amide bonds. The molecule has 2 aromatic carbocycles. The van der Waals surface area contributed by atoms with E-state index in [1.165, 1.54) is 31.3 Å². The van der Waals surface area contributed by atoms with Crippen LogP contribution in [0.4, 0.5) is 0 Å². The molecule has 8 nitrogen and oxygen atoms in total. The number of benzene rings is 2. The highest BCUT2D eigenvalue weighted by molar-refractivity contribution is 6.31. The normalized spacial score (nSPS) is 9.89. The molecular formula is C19H16ClN3O5. The van der Waals surface area contributed by atoms with Gasteiger partial charge in [-0.05, 0) is 30.3 Å². The number of nitrogens with one attached hydrogen (secondary N) is 2. The Morgan fingerprint density at radius 2 is 1.89 bits per heavy atom. The average Bonchev–Trinajstić information content (AvgIpc) is 2.69. The number of likely N-dealkylation sites (N-methyl/N-ethyl adjacent to an activating group) is 1. The van der Waals surface area contributed by atoms with E-state index in [1.54, 1.807) is 12.1 Å². The highest BCUT2D eigenvalue weighted by Gasteiger charge is 2.13. The molecule has 0 spiro atoms. The number of rotatable bonds is 7. The maximum absolute atomic E-state index is 12.4. The molecule has 0 heterocycles. The van der Waals surface area contributed by atoms with Crippen molar-refractivity contribution in [1.29, 1.82) is 5.26 Å². The first-order valence-corrected chi connectivity index (χ1v) is 8.40. The molecule has 0 saturated heterocycles. The number of halogens is 1. The topological polar surface area (TPSA) is 129 Å². The van der Waals surface area contributed by atoms with Crippen LogP contribution in [-0.2, 0) is 11.3 Å². The second-order valence-electron chi connectivity index (χ2n) is 5.61. The van der Waals surface area contributed by atoms with Gasteiger partial charge in [-0.25, -0.2) is 4.79 Å². The number of nitriles is 1. The third kappa shape index (κ3) is 5.46. The van der Waals surface area contributed by atoms with Gasteiger partial charge in [0.1, 0.15) is 5.75 Å². The van der Waals surface area contributed by atoms with Gasteiger partial charge in [-0.1, -0.05) is 17.7 Å². The second-order valence-corrected chi connectivity index (χ2v) is 6.05. The highest BCUT2D eigenvalue weighted by atomic mass is 35.5. The summed E-state index contributed by atoms with van der Waals surface area (Å²) in [5, 5.41) is 23.3. The zero-order chi connectivity index (χ0) is 20.7. The Labute approximate surface area is 165 Å². The van der Waals surface area contributed by atoms with Crippen LogP contribution in [0, 0.1) is 11.3 Å². The first-order chi connectivity index (χ1) is 13.3. The van der Waals surface area contributed by atoms with Gasteiger partial charge in [0.2, 0.25) is 0 Å². The number of nitrogens with zero attached hydrogens (tertiary/aromatic N) is 1. The lowest BCUT2D eigenvalue weighted by Crippen LogP contribution is -2.26. The molecule has 28 heavy (non-hydrogen) atoms. The highest BCUT2D eigenvalue weighted by Crippen LogP contribution is 2.21. The van der Waals surface area contributed by atoms with Crippen LogP contribution in [0.1, 0.15) is 31.8 Å². The molecule has 2 aromatic rings. The minimum absolute atomic E-state index is 0.0303. The molecule has 0 saturated carbocycles. The zero-order valence-corrected chi connectivity index (χ0v) is 15.5. The SMILES string of the molecule is CNC(=O)COc1cc(C#N)ccc1CNC(=O)c1cc(Cl)cc(C(=O)O)c1. The molecule has 0 aliphatic carbocycles. The Hall–Kier alpha value is -3.57. The fourth-order valence-electron chi connectivity index (χ4n) is 2.24. The van der Waals surface area contributed by atoms with E-state index >= 15 is 0 Å². The van der Waals surface area contributed by atoms with E-state index < -0.39 is 11.9 Å². The van der Waals surface area contributed by atoms with Crippen molar-refractivity contribution < 1.29 is 24.2 Å². The molecule has 0 bridgehead atoms. The van der Waals surface area contributed by atoms with Crippen molar-refractivity contribution in [1.82, 2.24) is 10.6 Å². The van der Waals surface area contributed by atoms with Crippen molar-refractivity contribution in [3.63, 3.8) is 0 Å². The maximum atomic E-state index is 12.4. The molecule has 0 aromatic heterocycles. The summed E-state index contributed by atoms with van der Waals surface area (Å²) in [4.78, 5) is 34.9. The Balaban J connectivity index is 2.17. The number of amides is 2. The van der Waals surface area contributed by atoms with Gasteiger partial charge in [0.25, 0.3) is 11.8 Å². The van der Waals surface area contributed by atoms with Gasteiger partial charge in [0.15, 0.2) is 6.61 Å². The van der Waals surface area contributed by atoms with E-state index in [2.05, 4.69) is 10.6 Å². The van der Waals surface area contributed by atoms with Crippen LogP contribution >= 0.6 is 11.6 Å². The summed E-state index contributed by atoms with van der Waals surface area (Å²) in [6.45, 7) is -0.217. The van der Waals surface area contributed by atoms with E-state index in [4.69, 9.17) is 26.7 Å². The minimum atomic E-state index is -1.20. The van der Waals surface area contributed by atoms with Gasteiger partial charge in [-0.3, -0.25) is 9.59 Å². The number of hydrogen-bond acceptors (Lipinski definition) is 5. The molecule has 0 aliphatic heterocycles. The summed E-state index contributed by atoms with van der Waals surface area (Å²) in [5.41, 5.74) is 0.858. The standard InChI is InChI=1S/C19H16ClN3O5/c1-22-17(24)10-28-16-4-11(8-21)2-3-12(16)9-23-18(25)13-5-14(19(26)27)7-15(20)6-13/h2-7H,9-10H2,1H3,(H,22,24)(H,23,25)(H,26,27). The van der Waals surface area contributed by atoms with Gasteiger partial charge in [0.05, 0.1) is 17.2 Å². The molecule has 9 heteroatoms. The van der Waals surface area contributed by atoms with Crippen LogP contribution < -0.4 is 15.4 Å². The zero-order valence-electron chi connectivity index (χ0n) is 14.8. The Morgan fingerprint density at radius 3 is 2.54 bits per heavy atom. The first kappa shape index (κ1) is 20.7. The Bertz CT molecular complexity index is 969. The quantitative estimate of drug-likeness (QED) is 0.650. The number of carbonyl (C=O) groups is 3. The van der Waals surface area contributed by atoms with Crippen LogP contribution in [0.3, 0.4) is 0 Å². The minimum Gasteiger partial charge on any atom is -0.483 e. The third-order valence-corrected chi connectivity index (χ3v) is 3.90. The predicted molar refractivity (Wildman–Crippen MR) is 100 cm³/mol. The molecule has 3 N–H and O–H groups in total. The van der Waals surface area contributed by atoms with Crippen molar-refractivity contribution in [3.05, 3.63) is 63.7 Å². The van der Waals surface area contributed by atoms with E-state index in [0.717, 1.165) is 0 Å². The van der Waals surface area contributed by atoms with Crippen LogP contribution in [0.15, 0.2) is 36.4 Å². The molecule has 0 radical (unpaired) electrons. The Morgan fingerprint density at radius 1 is 1.18 bits per heavy atom. The van der Waals surface area contributed by atoms with E-state index in [1.807, 2.05) is 6.07 Å². The summed E-state index contributed by atoms with van der Waals surface area (Å²) >= 11 is 5.87. The van der Waals surface area contributed by atoms with Gasteiger partial charge in [0, 0.05) is 29.7 Å². The van der Waals surface area contributed by atoms with E-state index in [0.29, 0.717) is 11.1 Å². The van der Waals surface area contributed by atoms with Crippen molar-refractivity contribution in [2.45, 2.75) is 6.54 Å². The largest absolute Gasteiger partial charge is 0.483 e. The van der Waals surface area contributed by atoms with Gasteiger partial charge in [-0.15, -0.1) is 0 Å². The smallest absolute Gasteiger partial charge is 0.335 e. The first-order valence-electron chi connectivity index (χ1n) is 8.02. The Kier molecular flexibility index (Phi) is 6.96. The van der Waals surface area contributed by atoms with Crippen molar-refractivity contribution in [2.24, 2.45) is 0 Å². The second kappa shape index (κ2) is 9.39. The molecule has 0 aliphatic rings. The number of ether oxygens (including phenoxy) is 1. The lowest BCUT2D eigenvalue weighted by molar-refractivity contribution is -0.122. The third-order valence-electron chi connectivity index (χ3n) is 3.68. The lowest BCUT2D eigenvalue weighted by Gasteiger charge is -2.13. The molecule has 0 fully saturated rings. The molecular weight excluding hydrogens is 386 g/mol. The fraction of sp³-hybridized carbons (Fsp3) is 0.158. The van der Waals surface area contributed by atoms with Crippen molar-refractivity contribution in [2.75, 3.05) is 13.7 Å². The molecule has 2 rings (SSSR count). The molecule has 0 atom stereocenters. The maximum Gasteiger partial charge on any atom is 0.335 e. The summed E-state index contributed by atoms with van der Waals surface area (Å²) in [6.07, 6.45) is 0. The average molecular weight is 402 g/mol. The van der Waals surface area contributed by atoms with E-state index in [-0.39, 0.29) is 41.0 Å². The lowest BCUT2D eigenvalue weighted by atomic mass is 10.1. The number of hydrogen-bond donors (Lipinski definition) is 3. The molecule has 144 valence electrons. The monoisotopic (exact) mass is 401 g/mol. The molecule has 0 unspecified atom stereocenters. The van der Waals surface area contributed by atoms with Crippen LogP contribution in [0.5, 0.6) is 5.75 Å². The van der Waals surface area contributed by atoms with Crippen LogP contribution in [0.2, 0.25) is 5.02 Å². The number of carboxylic acid groups (broad SMARTS) is 1. The number of aromatic carboxylic acids is 1. The van der Waals surface area contributed by atoms with Gasteiger partial charge in [-0.2, -0.15) is 5.26 Å². The summed E-state index contributed by atoms with van der Waals surface area (Å²) in [6, 6.07) is 10.4. The predicted octanol–water partition coefficient (Wildman–Crippen LogP) is 1.96. The summed E-state index contributed by atoms with van der Waals surface area (Å²) in [5.74, 6) is -1.81. The van der Waals surface area contributed by atoms with Gasteiger partial charge >= 0.3 is 5.97 Å². The van der Waals surface area contributed by atoms with Crippen LogP contribution in [0.25, 0.3) is 0 Å².